The lowest BCUT2D eigenvalue weighted by Gasteiger charge is -2.09. The Kier molecular flexibility index (Phi) is 3.63. The molecule has 0 fully saturated rings. The first-order chi connectivity index (χ1) is 10.5. The molecule has 0 saturated carbocycles. The van der Waals surface area contributed by atoms with Crippen LogP contribution in [-0.2, 0) is 0 Å². The largest absolute Gasteiger partial charge is 0.340 e. The number of aryl methyl sites for hydroxylation is 4. The van der Waals surface area contributed by atoms with Gasteiger partial charge in [-0.05, 0) is 57.0 Å². The molecule has 1 aromatic carbocycles. The van der Waals surface area contributed by atoms with Crippen LogP contribution in [0.5, 0.6) is 0 Å². The molecule has 0 amide bonds. The quantitative estimate of drug-likeness (QED) is 0.801. The second-order valence-corrected chi connectivity index (χ2v) is 5.52. The molecule has 2 heterocycles. The van der Waals surface area contributed by atoms with Crippen molar-refractivity contribution < 1.29 is 0 Å². The Labute approximate surface area is 130 Å². The van der Waals surface area contributed by atoms with Gasteiger partial charge in [0.2, 0.25) is 0 Å². The molecule has 0 spiro atoms. The van der Waals surface area contributed by atoms with E-state index in [1.807, 2.05) is 36.7 Å². The number of nitrogens with one attached hydrogen (secondary N) is 1. The Morgan fingerprint density at radius 2 is 1.73 bits per heavy atom. The Hall–Kier alpha value is -2.69. The zero-order valence-corrected chi connectivity index (χ0v) is 13.3. The van der Waals surface area contributed by atoms with Gasteiger partial charge in [-0.3, -0.25) is 0 Å². The van der Waals surface area contributed by atoms with Crippen LogP contribution in [0.25, 0.3) is 5.82 Å². The minimum Gasteiger partial charge on any atom is -0.340 e. The zero-order valence-electron chi connectivity index (χ0n) is 13.3. The summed E-state index contributed by atoms with van der Waals surface area (Å²) in [5.74, 6) is 1.51. The maximum atomic E-state index is 4.45. The van der Waals surface area contributed by atoms with Crippen molar-refractivity contribution >= 4 is 11.5 Å². The maximum absolute atomic E-state index is 4.45. The predicted octanol–water partition coefficient (Wildman–Crippen LogP) is 3.64. The lowest BCUT2D eigenvalue weighted by Crippen LogP contribution is -2.04. The number of hydrogen-bond donors (Lipinski definition) is 1. The molecule has 0 saturated heterocycles. The second kappa shape index (κ2) is 5.60. The summed E-state index contributed by atoms with van der Waals surface area (Å²) >= 11 is 0. The molecule has 0 atom stereocenters. The summed E-state index contributed by atoms with van der Waals surface area (Å²) in [6.45, 7) is 8.18. The Morgan fingerprint density at radius 1 is 0.909 bits per heavy atom. The Balaban J connectivity index is 1.91. The van der Waals surface area contributed by atoms with Crippen molar-refractivity contribution in [3.05, 3.63) is 59.2 Å². The molecule has 3 rings (SSSR count). The summed E-state index contributed by atoms with van der Waals surface area (Å²) in [7, 11) is 0. The summed E-state index contributed by atoms with van der Waals surface area (Å²) in [5, 5.41) is 7.77. The predicted molar refractivity (Wildman–Crippen MR) is 87.8 cm³/mol. The molecule has 22 heavy (non-hydrogen) atoms. The molecule has 0 radical (unpaired) electrons. The number of hydrogen-bond acceptors (Lipinski definition) is 4. The highest BCUT2D eigenvalue weighted by Gasteiger charge is 2.07. The van der Waals surface area contributed by atoms with Gasteiger partial charge < -0.3 is 5.32 Å². The van der Waals surface area contributed by atoms with E-state index in [1.54, 1.807) is 6.33 Å². The van der Waals surface area contributed by atoms with E-state index in [0.717, 1.165) is 28.7 Å². The number of anilines is 2. The average Bonchev–Trinajstić information content (AvgIpc) is 2.82. The van der Waals surface area contributed by atoms with E-state index in [-0.39, 0.29) is 0 Å². The van der Waals surface area contributed by atoms with Gasteiger partial charge in [-0.15, -0.1) is 0 Å². The van der Waals surface area contributed by atoms with Gasteiger partial charge in [-0.1, -0.05) is 6.07 Å². The van der Waals surface area contributed by atoms with Gasteiger partial charge in [-0.25, -0.2) is 14.6 Å². The van der Waals surface area contributed by atoms with Crippen molar-refractivity contribution in [2.45, 2.75) is 27.7 Å². The van der Waals surface area contributed by atoms with Crippen LogP contribution in [0.15, 0.2) is 36.7 Å². The second-order valence-electron chi connectivity index (χ2n) is 5.52. The van der Waals surface area contributed by atoms with E-state index in [0.29, 0.717) is 0 Å². The molecule has 0 aliphatic rings. The minimum atomic E-state index is 0.751. The molecule has 5 nitrogen and oxygen atoms in total. The molecule has 0 unspecified atom stereocenters. The van der Waals surface area contributed by atoms with Crippen LogP contribution >= 0.6 is 0 Å². The Bertz CT molecular complexity index is 820. The van der Waals surface area contributed by atoms with E-state index in [4.69, 9.17) is 0 Å². The number of rotatable bonds is 3. The van der Waals surface area contributed by atoms with Crippen molar-refractivity contribution in [2.75, 3.05) is 5.32 Å². The molecule has 112 valence electrons. The van der Waals surface area contributed by atoms with Crippen molar-refractivity contribution in [3.63, 3.8) is 0 Å². The van der Waals surface area contributed by atoms with Gasteiger partial charge in [0.05, 0.1) is 5.69 Å². The smallest absolute Gasteiger partial charge is 0.159 e. The number of benzene rings is 1. The standard InChI is InChI=1S/C17H19N5/c1-11-5-6-15(7-12(11)2)20-16-9-17(19-10-18-16)22-14(4)8-13(3)21-22/h5-10H,1-4H3,(H,18,19,20). The summed E-state index contributed by atoms with van der Waals surface area (Å²) in [5.41, 5.74) is 5.56. The maximum Gasteiger partial charge on any atom is 0.159 e. The van der Waals surface area contributed by atoms with Crippen molar-refractivity contribution in [3.8, 4) is 5.82 Å². The Morgan fingerprint density at radius 3 is 2.41 bits per heavy atom. The SMILES string of the molecule is Cc1cc(C)n(-c2cc(Nc3ccc(C)c(C)c3)ncn2)n1. The highest BCUT2D eigenvalue weighted by atomic mass is 15.3. The van der Waals surface area contributed by atoms with Gasteiger partial charge in [0.1, 0.15) is 12.1 Å². The molecular formula is C17H19N5. The van der Waals surface area contributed by atoms with Gasteiger partial charge in [0.25, 0.3) is 0 Å². The monoisotopic (exact) mass is 293 g/mol. The molecule has 0 bridgehead atoms. The molecule has 3 aromatic rings. The molecule has 1 N–H and O–H groups in total. The molecular weight excluding hydrogens is 274 g/mol. The van der Waals surface area contributed by atoms with Gasteiger partial charge in [0, 0.05) is 17.4 Å². The lowest BCUT2D eigenvalue weighted by molar-refractivity contribution is 0.801. The van der Waals surface area contributed by atoms with E-state index >= 15 is 0 Å². The third kappa shape index (κ3) is 2.83. The van der Waals surface area contributed by atoms with Crippen LogP contribution in [0.3, 0.4) is 0 Å². The normalized spacial score (nSPS) is 10.7. The fraction of sp³-hybridized carbons (Fsp3) is 0.235. The minimum absolute atomic E-state index is 0.751. The van der Waals surface area contributed by atoms with Crippen LogP contribution in [0.1, 0.15) is 22.5 Å². The zero-order chi connectivity index (χ0) is 15.7. The van der Waals surface area contributed by atoms with Crippen LogP contribution in [0, 0.1) is 27.7 Å². The summed E-state index contributed by atoms with van der Waals surface area (Å²) in [6, 6.07) is 10.2. The van der Waals surface area contributed by atoms with E-state index < -0.39 is 0 Å². The molecule has 0 aliphatic carbocycles. The van der Waals surface area contributed by atoms with E-state index in [2.05, 4.69) is 46.4 Å². The fourth-order valence-electron chi connectivity index (χ4n) is 2.36. The lowest BCUT2D eigenvalue weighted by atomic mass is 10.1. The highest BCUT2D eigenvalue weighted by molar-refractivity contribution is 5.59. The van der Waals surface area contributed by atoms with Crippen LogP contribution in [-0.4, -0.2) is 19.7 Å². The molecule has 5 heteroatoms. The first-order valence-corrected chi connectivity index (χ1v) is 7.23. The van der Waals surface area contributed by atoms with Crippen molar-refractivity contribution in [1.29, 1.82) is 0 Å². The van der Waals surface area contributed by atoms with Gasteiger partial charge >= 0.3 is 0 Å². The molecule has 2 aromatic heterocycles. The summed E-state index contributed by atoms with van der Waals surface area (Å²) < 4.78 is 1.82. The van der Waals surface area contributed by atoms with E-state index in [1.165, 1.54) is 11.1 Å². The first-order valence-electron chi connectivity index (χ1n) is 7.23. The number of nitrogens with zero attached hydrogens (tertiary/aromatic N) is 4. The van der Waals surface area contributed by atoms with Gasteiger partial charge in [0.15, 0.2) is 5.82 Å². The van der Waals surface area contributed by atoms with Crippen LogP contribution in [0.2, 0.25) is 0 Å². The fourth-order valence-corrected chi connectivity index (χ4v) is 2.36. The average molecular weight is 293 g/mol. The van der Waals surface area contributed by atoms with Crippen molar-refractivity contribution in [1.82, 2.24) is 19.7 Å². The number of aromatic nitrogens is 4. The summed E-state index contributed by atoms with van der Waals surface area (Å²) in [4.78, 5) is 8.59. The first kappa shape index (κ1) is 14.3. The third-order valence-corrected chi connectivity index (χ3v) is 3.66. The van der Waals surface area contributed by atoms with Crippen molar-refractivity contribution in [2.24, 2.45) is 0 Å². The molecule has 0 aliphatic heterocycles. The highest BCUT2D eigenvalue weighted by Crippen LogP contribution is 2.19. The third-order valence-electron chi connectivity index (χ3n) is 3.66. The van der Waals surface area contributed by atoms with E-state index in [9.17, 15) is 0 Å². The van der Waals surface area contributed by atoms with Gasteiger partial charge in [-0.2, -0.15) is 5.10 Å². The van der Waals surface area contributed by atoms with Crippen LogP contribution < -0.4 is 5.32 Å². The summed E-state index contributed by atoms with van der Waals surface area (Å²) in [6.07, 6.45) is 1.55. The topological polar surface area (TPSA) is 55.6 Å². The van der Waals surface area contributed by atoms with Crippen LogP contribution in [0.4, 0.5) is 11.5 Å².